The number of carbonyl (C=O) groups excluding carboxylic acids is 1. The van der Waals surface area contributed by atoms with E-state index >= 15 is 0 Å². The summed E-state index contributed by atoms with van der Waals surface area (Å²) in [7, 11) is 0. The summed E-state index contributed by atoms with van der Waals surface area (Å²) >= 11 is 3.38. The second-order valence-corrected chi connectivity index (χ2v) is 5.57. The molecule has 2 aromatic carbocycles. The van der Waals surface area contributed by atoms with Crippen molar-refractivity contribution in [3.63, 3.8) is 0 Å². The highest BCUT2D eigenvalue weighted by molar-refractivity contribution is 9.10. The van der Waals surface area contributed by atoms with Gasteiger partial charge in [-0.1, -0.05) is 65.3 Å². The van der Waals surface area contributed by atoms with Crippen LogP contribution < -0.4 is 5.43 Å². The van der Waals surface area contributed by atoms with Crippen molar-refractivity contribution in [2.45, 2.75) is 19.3 Å². The molecule has 1 atom stereocenters. The first-order valence-electron chi connectivity index (χ1n) is 6.84. The molecule has 0 aliphatic heterocycles. The number of hydrazone groups is 1. The lowest BCUT2D eigenvalue weighted by atomic mass is 9.96. The van der Waals surface area contributed by atoms with Crippen molar-refractivity contribution in [1.82, 2.24) is 5.43 Å². The number of amides is 1. The molecular weight excluding hydrogens is 328 g/mol. The van der Waals surface area contributed by atoms with Gasteiger partial charge in [0.05, 0.1) is 12.1 Å². The van der Waals surface area contributed by atoms with Crippen molar-refractivity contribution in [2.24, 2.45) is 5.10 Å². The van der Waals surface area contributed by atoms with Crippen LogP contribution in [0.25, 0.3) is 0 Å². The van der Waals surface area contributed by atoms with Gasteiger partial charge in [-0.2, -0.15) is 5.10 Å². The Morgan fingerprint density at radius 1 is 1.19 bits per heavy atom. The van der Waals surface area contributed by atoms with E-state index in [4.69, 9.17) is 0 Å². The topological polar surface area (TPSA) is 41.5 Å². The Morgan fingerprint density at radius 2 is 1.86 bits per heavy atom. The number of nitrogens with one attached hydrogen (secondary N) is 1. The molecule has 3 nitrogen and oxygen atoms in total. The van der Waals surface area contributed by atoms with Gasteiger partial charge in [-0.3, -0.25) is 4.79 Å². The molecule has 0 aliphatic carbocycles. The fourth-order valence-electron chi connectivity index (χ4n) is 2.06. The van der Waals surface area contributed by atoms with Crippen LogP contribution in [-0.2, 0) is 4.79 Å². The third kappa shape index (κ3) is 4.53. The Hall–Kier alpha value is -1.94. The Morgan fingerprint density at radius 3 is 2.48 bits per heavy atom. The van der Waals surface area contributed by atoms with Crippen molar-refractivity contribution in [3.8, 4) is 0 Å². The second kappa shape index (κ2) is 7.74. The van der Waals surface area contributed by atoms with Gasteiger partial charge in [0.2, 0.25) is 5.91 Å². The van der Waals surface area contributed by atoms with Crippen LogP contribution in [0.2, 0.25) is 0 Å². The van der Waals surface area contributed by atoms with Crippen LogP contribution >= 0.6 is 15.9 Å². The maximum atomic E-state index is 12.2. The smallest absolute Gasteiger partial charge is 0.247 e. The summed E-state index contributed by atoms with van der Waals surface area (Å²) in [5, 5.41) is 4.03. The molecule has 0 bridgehead atoms. The number of hydrogen-bond donors (Lipinski definition) is 1. The van der Waals surface area contributed by atoms with Gasteiger partial charge in [0.1, 0.15) is 0 Å². The summed E-state index contributed by atoms with van der Waals surface area (Å²) in [6.07, 6.45) is 2.38. The summed E-state index contributed by atoms with van der Waals surface area (Å²) in [5.41, 5.74) is 4.56. The maximum Gasteiger partial charge on any atom is 0.247 e. The van der Waals surface area contributed by atoms with Gasteiger partial charge in [0.25, 0.3) is 0 Å². The van der Waals surface area contributed by atoms with Gasteiger partial charge in [0.15, 0.2) is 0 Å². The molecule has 2 aromatic rings. The number of nitrogens with zero attached hydrogens (tertiary/aromatic N) is 1. The molecule has 0 heterocycles. The lowest BCUT2D eigenvalue weighted by Crippen LogP contribution is -2.25. The molecule has 2 rings (SSSR count). The van der Waals surface area contributed by atoms with Crippen molar-refractivity contribution in [3.05, 3.63) is 70.2 Å². The van der Waals surface area contributed by atoms with E-state index in [1.165, 1.54) is 0 Å². The normalized spacial score (nSPS) is 12.3. The zero-order valence-corrected chi connectivity index (χ0v) is 13.4. The fraction of sp³-hybridized carbons (Fsp3) is 0.176. The van der Waals surface area contributed by atoms with Crippen LogP contribution in [-0.4, -0.2) is 12.1 Å². The molecule has 4 heteroatoms. The molecule has 0 unspecified atom stereocenters. The predicted molar refractivity (Wildman–Crippen MR) is 89.4 cm³/mol. The molecule has 1 amide bonds. The van der Waals surface area contributed by atoms with Crippen molar-refractivity contribution >= 4 is 28.1 Å². The molecule has 0 saturated heterocycles. The molecule has 0 radical (unpaired) electrons. The lowest BCUT2D eigenvalue weighted by molar-refractivity contribution is -0.122. The minimum absolute atomic E-state index is 0.0861. The first-order valence-corrected chi connectivity index (χ1v) is 7.63. The van der Waals surface area contributed by atoms with Gasteiger partial charge < -0.3 is 0 Å². The van der Waals surface area contributed by atoms with Crippen LogP contribution in [0.1, 0.15) is 30.4 Å². The summed E-state index contributed by atoms with van der Waals surface area (Å²) in [4.78, 5) is 12.2. The molecule has 108 valence electrons. The van der Waals surface area contributed by atoms with E-state index < -0.39 is 0 Å². The molecule has 0 spiro atoms. The van der Waals surface area contributed by atoms with Crippen LogP contribution in [0.15, 0.2) is 64.2 Å². The summed E-state index contributed by atoms with van der Waals surface area (Å²) < 4.78 is 1.01. The van der Waals surface area contributed by atoms with Gasteiger partial charge in [-0.05, 0) is 29.7 Å². The zero-order chi connectivity index (χ0) is 15.1. The number of halogens is 1. The van der Waals surface area contributed by atoms with Gasteiger partial charge in [0, 0.05) is 4.47 Å². The lowest BCUT2D eigenvalue weighted by Gasteiger charge is -2.12. The van der Waals surface area contributed by atoms with Gasteiger partial charge in [-0.15, -0.1) is 0 Å². The SMILES string of the molecule is CC[C@H](C(=O)N/N=C\c1ccc(Br)cc1)c1ccccc1. The molecule has 0 saturated carbocycles. The maximum absolute atomic E-state index is 12.2. The Kier molecular flexibility index (Phi) is 5.69. The van der Waals surface area contributed by atoms with Crippen molar-refractivity contribution < 1.29 is 4.79 Å². The largest absolute Gasteiger partial charge is 0.272 e. The van der Waals surface area contributed by atoms with E-state index in [1.807, 2.05) is 61.5 Å². The van der Waals surface area contributed by atoms with Gasteiger partial charge in [-0.25, -0.2) is 5.43 Å². The molecule has 21 heavy (non-hydrogen) atoms. The van der Waals surface area contributed by atoms with Crippen molar-refractivity contribution in [2.75, 3.05) is 0 Å². The highest BCUT2D eigenvalue weighted by atomic mass is 79.9. The Labute approximate surface area is 133 Å². The standard InChI is InChI=1S/C17H17BrN2O/c1-2-16(14-6-4-3-5-7-14)17(21)20-19-12-13-8-10-15(18)11-9-13/h3-12,16H,2H2,1H3,(H,20,21)/b19-12-/t16-/m0/s1. The van der Waals surface area contributed by atoms with Crippen molar-refractivity contribution in [1.29, 1.82) is 0 Å². The zero-order valence-electron chi connectivity index (χ0n) is 11.8. The number of hydrogen-bond acceptors (Lipinski definition) is 2. The van der Waals surface area contributed by atoms with E-state index in [0.29, 0.717) is 0 Å². The average Bonchev–Trinajstić information content (AvgIpc) is 2.51. The molecule has 0 fully saturated rings. The summed E-state index contributed by atoms with van der Waals surface area (Å²) in [5.74, 6) is -0.259. The Balaban J connectivity index is 1.98. The predicted octanol–water partition coefficient (Wildman–Crippen LogP) is 4.09. The fourth-order valence-corrected chi connectivity index (χ4v) is 2.32. The van der Waals surface area contributed by atoms with E-state index in [-0.39, 0.29) is 11.8 Å². The van der Waals surface area contributed by atoms with E-state index in [1.54, 1.807) is 6.21 Å². The Bertz CT molecular complexity index is 608. The van der Waals surface area contributed by atoms with E-state index in [2.05, 4.69) is 26.5 Å². The van der Waals surface area contributed by atoms with Crippen LogP contribution in [0, 0.1) is 0 Å². The number of benzene rings is 2. The summed E-state index contributed by atoms with van der Waals surface area (Å²) in [6.45, 7) is 2.00. The number of rotatable bonds is 5. The average molecular weight is 345 g/mol. The van der Waals surface area contributed by atoms with Crippen LogP contribution in [0.3, 0.4) is 0 Å². The third-order valence-corrected chi connectivity index (χ3v) is 3.71. The second-order valence-electron chi connectivity index (χ2n) is 4.66. The highest BCUT2D eigenvalue weighted by Gasteiger charge is 2.17. The minimum atomic E-state index is -0.173. The quantitative estimate of drug-likeness (QED) is 0.644. The van der Waals surface area contributed by atoms with E-state index in [0.717, 1.165) is 22.0 Å². The summed E-state index contributed by atoms with van der Waals surface area (Å²) in [6, 6.07) is 17.5. The van der Waals surface area contributed by atoms with Crippen LogP contribution in [0.5, 0.6) is 0 Å². The van der Waals surface area contributed by atoms with E-state index in [9.17, 15) is 4.79 Å². The van der Waals surface area contributed by atoms with Crippen LogP contribution in [0.4, 0.5) is 0 Å². The molecule has 0 aliphatic rings. The first-order chi connectivity index (χ1) is 10.2. The molecule has 0 aromatic heterocycles. The molecular formula is C17H17BrN2O. The third-order valence-electron chi connectivity index (χ3n) is 3.19. The minimum Gasteiger partial charge on any atom is -0.272 e. The first kappa shape index (κ1) is 15.4. The number of carbonyl (C=O) groups is 1. The highest BCUT2D eigenvalue weighted by Crippen LogP contribution is 2.19. The monoisotopic (exact) mass is 344 g/mol. The van der Waals surface area contributed by atoms with Gasteiger partial charge >= 0.3 is 0 Å². The molecule has 1 N–H and O–H groups in total.